The van der Waals surface area contributed by atoms with E-state index in [1.54, 1.807) is 19.1 Å². The van der Waals surface area contributed by atoms with E-state index in [1.165, 1.54) is 6.26 Å². The lowest BCUT2D eigenvalue weighted by Gasteiger charge is -2.04. The molecule has 0 radical (unpaired) electrons. The molecule has 19 heavy (non-hydrogen) atoms. The SMILES string of the molecule is Cc1ccoc1C(=O)Oc1ccc2ccccc2c1. The number of hydrogen-bond donors (Lipinski definition) is 0. The average Bonchev–Trinajstić information content (AvgIpc) is 2.85. The Morgan fingerprint density at radius 2 is 1.84 bits per heavy atom. The van der Waals surface area contributed by atoms with Crippen molar-refractivity contribution in [3.63, 3.8) is 0 Å². The van der Waals surface area contributed by atoms with Crippen molar-refractivity contribution >= 4 is 16.7 Å². The van der Waals surface area contributed by atoms with Gasteiger partial charge in [-0.3, -0.25) is 0 Å². The first-order valence-corrected chi connectivity index (χ1v) is 5.99. The molecule has 3 nitrogen and oxygen atoms in total. The van der Waals surface area contributed by atoms with Gasteiger partial charge in [0, 0.05) is 5.56 Å². The molecule has 0 fully saturated rings. The van der Waals surface area contributed by atoms with Gasteiger partial charge in [-0.2, -0.15) is 0 Å². The topological polar surface area (TPSA) is 39.4 Å². The van der Waals surface area contributed by atoms with Crippen molar-refractivity contribution in [3.05, 3.63) is 66.1 Å². The molecule has 1 aromatic heterocycles. The molecule has 0 unspecified atom stereocenters. The van der Waals surface area contributed by atoms with E-state index in [9.17, 15) is 4.79 Å². The Balaban J connectivity index is 1.89. The highest BCUT2D eigenvalue weighted by Gasteiger charge is 2.15. The lowest BCUT2D eigenvalue weighted by Crippen LogP contribution is -2.08. The minimum atomic E-state index is -0.474. The van der Waals surface area contributed by atoms with E-state index >= 15 is 0 Å². The van der Waals surface area contributed by atoms with Gasteiger partial charge in [-0.1, -0.05) is 30.3 Å². The Bertz CT molecular complexity index is 740. The summed E-state index contributed by atoms with van der Waals surface area (Å²) in [5, 5.41) is 2.14. The van der Waals surface area contributed by atoms with E-state index < -0.39 is 5.97 Å². The molecule has 0 atom stereocenters. The summed E-state index contributed by atoms with van der Waals surface area (Å²) < 4.78 is 10.4. The molecule has 0 amide bonds. The van der Waals surface area contributed by atoms with Crippen LogP contribution in [0.2, 0.25) is 0 Å². The number of rotatable bonds is 2. The Kier molecular flexibility index (Phi) is 2.80. The summed E-state index contributed by atoms with van der Waals surface area (Å²) in [6.07, 6.45) is 1.48. The molecule has 0 saturated carbocycles. The van der Waals surface area contributed by atoms with Gasteiger partial charge in [0.25, 0.3) is 0 Å². The fourth-order valence-corrected chi connectivity index (χ4v) is 1.97. The summed E-state index contributed by atoms with van der Waals surface area (Å²) in [6, 6.07) is 15.2. The molecule has 2 aromatic carbocycles. The fourth-order valence-electron chi connectivity index (χ4n) is 1.97. The summed E-state index contributed by atoms with van der Waals surface area (Å²) in [5.74, 6) is 0.283. The van der Waals surface area contributed by atoms with Crippen molar-refractivity contribution in [2.75, 3.05) is 0 Å². The molecule has 0 aliphatic carbocycles. The van der Waals surface area contributed by atoms with Crippen LogP contribution in [0.25, 0.3) is 10.8 Å². The molecule has 0 spiro atoms. The molecule has 3 aromatic rings. The van der Waals surface area contributed by atoms with Crippen LogP contribution in [-0.2, 0) is 0 Å². The number of esters is 1. The Labute approximate surface area is 110 Å². The molecule has 0 N–H and O–H groups in total. The van der Waals surface area contributed by atoms with Crippen LogP contribution in [0.3, 0.4) is 0 Å². The van der Waals surface area contributed by atoms with Crippen molar-refractivity contribution in [2.45, 2.75) is 6.92 Å². The molecule has 0 aliphatic rings. The molecular formula is C16H12O3. The number of ether oxygens (including phenoxy) is 1. The van der Waals surface area contributed by atoms with Gasteiger partial charge < -0.3 is 9.15 Å². The van der Waals surface area contributed by atoms with Gasteiger partial charge in [0.05, 0.1) is 6.26 Å². The lowest BCUT2D eigenvalue weighted by atomic mass is 10.1. The summed E-state index contributed by atoms with van der Waals surface area (Å²) in [6.45, 7) is 1.81. The summed E-state index contributed by atoms with van der Waals surface area (Å²) in [4.78, 5) is 11.9. The lowest BCUT2D eigenvalue weighted by molar-refractivity contribution is 0.0700. The van der Waals surface area contributed by atoms with Crippen LogP contribution in [0, 0.1) is 6.92 Å². The molecule has 1 heterocycles. The van der Waals surface area contributed by atoms with Gasteiger partial charge in [0.2, 0.25) is 5.76 Å². The van der Waals surface area contributed by atoms with Gasteiger partial charge in [-0.15, -0.1) is 0 Å². The van der Waals surface area contributed by atoms with Gasteiger partial charge in [0.1, 0.15) is 5.75 Å². The van der Waals surface area contributed by atoms with E-state index in [2.05, 4.69) is 0 Å². The number of carbonyl (C=O) groups is 1. The van der Waals surface area contributed by atoms with Crippen molar-refractivity contribution in [1.29, 1.82) is 0 Å². The summed E-state index contributed by atoms with van der Waals surface area (Å²) in [7, 11) is 0. The number of aryl methyl sites for hydroxylation is 1. The fraction of sp³-hybridized carbons (Fsp3) is 0.0625. The zero-order valence-corrected chi connectivity index (χ0v) is 10.4. The number of benzene rings is 2. The normalized spacial score (nSPS) is 10.6. The third kappa shape index (κ3) is 2.22. The van der Waals surface area contributed by atoms with Crippen LogP contribution in [-0.4, -0.2) is 5.97 Å². The zero-order valence-electron chi connectivity index (χ0n) is 10.4. The summed E-state index contributed by atoms with van der Waals surface area (Å²) >= 11 is 0. The highest BCUT2D eigenvalue weighted by Crippen LogP contribution is 2.22. The van der Waals surface area contributed by atoms with Crippen LogP contribution in [0.1, 0.15) is 16.1 Å². The standard InChI is InChI=1S/C16H12O3/c1-11-8-9-18-15(11)16(17)19-14-7-6-12-4-2-3-5-13(12)10-14/h2-10H,1H3. The first-order valence-electron chi connectivity index (χ1n) is 5.99. The Hall–Kier alpha value is -2.55. The Morgan fingerprint density at radius 3 is 2.58 bits per heavy atom. The first-order chi connectivity index (χ1) is 9.24. The van der Waals surface area contributed by atoms with E-state index in [0.29, 0.717) is 5.75 Å². The highest BCUT2D eigenvalue weighted by atomic mass is 16.5. The molecular weight excluding hydrogens is 240 g/mol. The van der Waals surface area contributed by atoms with E-state index in [0.717, 1.165) is 16.3 Å². The van der Waals surface area contributed by atoms with Crippen LogP contribution >= 0.6 is 0 Å². The average molecular weight is 252 g/mol. The minimum Gasteiger partial charge on any atom is -0.457 e. The predicted octanol–water partition coefficient (Wildman–Crippen LogP) is 3.96. The second-order valence-corrected chi connectivity index (χ2v) is 4.33. The highest BCUT2D eigenvalue weighted by molar-refractivity contribution is 5.90. The van der Waals surface area contributed by atoms with E-state index in [-0.39, 0.29) is 5.76 Å². The van der Waals surface area contributed by atoms with Crippen molar-refractivity contribution in [3.8, 4) is 5.75 Å². The van der Waals surface area contributed by atoms with Gasteiger partial charge >= 0.3 is 5.97 Å². The number of carbonyl (C=O) groups excluding carboxylic acids is 1. The molecule has 0 bridgehead atoms. The van der Waals surface area contributed by atoms with Crippen LogP contribution < -0.4 is 4.74 Å². The smallest absolute Gasteiger partial charge is 0.379 e. The van der Waals surface area contributed by atoms with Crippen molar-refractivity contribution in [1.82, 2.24) is 0 Å². The molecule has 0 aliphatic heterocycles. The molecule has 3 heteroatoms. The van der Waals surface area contributed by atoms with Crippen LogP contribution in [0.4, 0.5) is 0 Å². The van der Waals surface area contributed by atoms with Gasteiger partial charge in [-0.25, -0.2) is 4.79 Å². The van der Waals surface area contributed by atoms with Crippen molar-refractivity contribution < 1.29 is 13.9 Å². The monoisotopic (exact) mass is 252 g/mol. The van der Waals surface area contributed by atoms with Crippen molar-refractivity contribution in [2.24, 2.45) is 0 Å². The van der Waals surface area contributed by atoms with Crippen LogP contribution in [0.5, 0.6) is 5.75 Å². The number of fused-ring (bicyclic) bond motifs is 1. The predicted molar refractivity (Wildman–Crippen MR) is 72.4 cm³/mol. The molecule has 3 rings (SSSR count). The maximum absolute atomic E-state index is 11.9. The Morgan fingerprint density at radius 1 is 1.05 bits per heavy atom. The molecule has 0 saturated heterocycles. The zero-order chi connectivity index (χ0) is 13.2. The quantitative estimate of drug-likeness (QED) is 0.512. The third-order valence-electron chi connectivity index (χ3n) is 2.98. The second kappa shape index (κ2) is 4.61. The van der Waals surface area contributed by atoms with Gasteiger partial charge in [0.15, 0.2) is 0 Å². The van der Waals surface area contributed by atoms with E-state index in [4.69, 9.17) is 9.15 Å². The minimum absolute atomic E-state index is 0.244. The van der Waals surface area contributed by atoms with Crippen LogP contribution in [0.15, 0.2) is 59.2 Å². The number of hydrogen-bond acceptors (Lipinski definition) is 3. The molecule has 94 valence electrons. The van der Waals surface area contributed by atoms with E-state index in [1.807, 2.05) is 36.4 Å². The summed E-state index contributed by atoms with van der Waals surface area (Å²) in [5.41, 5.74) is 0.769. The maximum atomic E-state index is 11.9. The largest absolute Gasteiger partial charge is 0.457 e. The second-order valence-electron chi connectivity index (χ2n) is 4.33. The maximum Gasteiger partial charge on any atom is 0.379 e. The third-order valence-corrected chi connectivity index (χ3v) is 2.98. The number of furan rings is 1. The van der Waals surface area contributed by atoms with Gasteiger partial charge in [-0.05, 0) is 35.9 Å². The first kappa shape index (κ1) is 11.5.